The lowest BCUT2D eigenvalue weighted by Gasteiger charge is -2.11. The number of hydrogen-bond acceptors (Lipinski definition) is 6. The van der Waals surface area contributed by atoms with E-state index in [1.54, 1.807) is 0 Å². The summed E-state index contributed by atoms with van der Waals surface area (Å²) in [4.78, 5) is 0. The van der Waals surface area contributed by atoms with Crippen LogP contribution in [0.2, 0.25) is 0 Å². The van der Waals surface area contributed by atoms with E-state index in [9.17, 15) is 0 Å². The van der Waals surface area contributed by atoms with Crippen molar-refractivity contribution in [2.45, 2.75) is 0 Å². The van der Waals surface area contributed by atoms with Crippen LogP contribution in [0, 0.1) is 0 Å². The molecule has 0 saturated heterocycles. The number of aliphatic hydroxyl groups is 2. The van der Waals surface area contributed by atoms with Gasteiger partial charge in [0.2, 0.25) is 5.88 Å². The van der Waals surface area contributed by atoms with E-state index >= 15 is 0 Å². The zero-order valence-electron chi connectivity index (χ0n) is 7.40. The monoisotopic (exact) mass is 192 g/mol. The Labute approximate surface area is 76.7 Å². The van der Waals surface area contributed by atoms with E-state index in [1.165, 1.54) is 0 Å². The van der Waals surface area contributed by atoms with Crippen LogP contribution in [0.25, 0.3) is 0 Å². The van der Waals surface area contributed by atoms with Crippen molar-refractivity contribution >= 4 is 0 Å². The largest absolute Gasteiger partial charge is 0.489 e. The predicted octanol–water partition coefficient (Wildman–Crippen LogP) is -1.91. The second-order valence-electron chi connectivity index (χ2n) is 2.14. The fourth-order valence-corrected chi connectivity index (χ4v) is 0.636. The summed E-state index contributed by atoms with van der Waals surface area (Å²) in [5, 5.41) is 16.9. The number of hydrogen-bond donors (Lipinski definition) is 4. The lowest BCUT2D eigenvalue weighted by atomic mass is 10.5. The lowest BCUT2D eigenvalue weighted by Crippen LogP contribution is -2.18. The van der Waals surface area contributed by atoms with Crippen LogP contribution in [-0.2, 0) is 9.47 Å². The van der Waals surface area contributed by atoms with Crippen LogP contribution in [0.3, 0.4) is 0 Å². The van der Waals surface area contributed by atoms with Gasteiger partial charge in [0.25, 0.3) is 0 Å². The fourth-order valence-electron chi connectivity index (χ4n) is 0.636. The summed E-state index contributed by atoms with van der Waals surface area (Å²) in [6, 6.07) is 0. The molecule has 6 N–H and O–H groups in total. The molecule has 0 aliphatic rings. The number of aliphatic hydroxyl groups excluding tert-OH is 2. The number of ether oxygens (including phenoxy) is 2. The molecule has 6 heteroatoms. The van der Waals surface area contributed by atoms with Gasteiger partial charge in [-0.25, -0.2) is 0 Å². The first-order valence-corrected chi connectivity index (χ1v) is 3.92. The van der Waals surface area contributed by atoms with E-state index in [0.717, 1.165) is 0 Å². The SMILES string of the molecule is NCC(OCCO)=C(N)OCCO. The van der Waals surface area contributed by atoms with E-state index in [0.29, 0.717) is 0 Å². The first-order chi connectivity index (χ1) is 6.26. The Morgan fingerprint density at radius 3 is 2.08 bits per heavy atom. The topological polar surface area (TPSA) is 111 Å². The minimum atomic E-state index is -0.126. The van der Waals surface area contributed by atoms with Crippen LogP contribution >= 0.6 is 0 Å². The highest BCUT2D eigenvalue weighted by Crippen LogP contribution is 2.00. The first kappa shape index (κ1) is 12.0. The first-order valence-electron chi connectivity index (χ1n) is 3.92. The minimum Gasteiger partial charge on any atom is -0.489 e. The van der Waals surface area contributed by atoms with Crippen LogP contribution in [0.5, 0.6) is 0 Å². The van der Waals surface area contributed by atoms with Gasteiger partial charge in [-0.3, -0.25) is 0 Å². The molecule has 0 unspecified atom stereocenters. The van der Waals surface area contributed by atoms with Gasteiger partial charge in [0.05, 0.1) is 19.8 Å². The van der Waals surface area contributed by atoms with Gasteiger partial charge in [0.1, 0.15) is 13.2 Å². The molecule has 0 aromatic rings. The Bertz CT molecular complexity index is 161. The highest BCUT2D eigenvalue weighted by atomic mass is 16.5. The summed E-state index contributed by atoms with van der Waals surface area (Å²) in [5.74, 6) is 0.326. The van der Waals surface area contributed by atoms with Crippen molar-refractivity contribution in [1.82, 2.24) is 0 Å². The average Bonchev–Trinajstić information content (AvgIpc) is 2.16. The summed E-state index contributed by atoms with van der Waals surface area (Å²) < 4.78 is 9.83. The Hall–Kier alpha value is -0.980. The van der Waals surface area contributed by atoms with Gasteiger partial charge in [-0.05, 0) is 0 Å². The maximum Gasteiger partial charge on any atom is 0.224 e. The van der Waals surface area contributed by atoms with Gasteiger partial charge in [-0.15, -0.1) is 0 Å². The van der Waals surface area contributed by atoms with Crippen molar-refractivity contribution in [3.05, 3.63) is 11.6 Å². The van der Waals surface area contributed by atoms with Gasteiger partial charge in [0.15, 0.2) is 5.76 Å². The summed E-state index contributed by atoms with van der Waals surface area (Å²) >= 11 is 0. The Kier molecular flexibility index (Phi) is 7.08. The van der Waals surface area contributed by atoms with Gasteiger partial charge >= 0.3 is 0 Å². The summed E-state index contributed by atoms with van der Waals surface area (Å²) in [6.45, 7) is 0.0696. The minimum absolute atomic E-state index is 0.0463. The Balaban J connectivity index is 3.97. The fraction of sp³-hybridized carbons (Fsp3) is 0.714. The molecule has 0 aliphatic heterocycles. The molecule has 0 aromatic heterocycles. The zero-order chi connectivity index (χ0) is 10.1. The maximum absolute atomic E-state index is 8.46. The molecule has 0 saturated carbocycles. The van der Waals surface area contributed by atoms with E-state index in [-0.39, 0.29) is 44.6 Å². The smallest absolute Gasteiger partial charge is 0.224 e. The van der Waals surface area contributed by atoms with E-state index in [4.69, 9.17) is 31.2 Å². The van der Waals surface area contributed by atoms with Gasteiger partial charge in [-0.1, -0.05) is 0 Å². The van der Waals surface area contributed by atoms with Crippen molar-refractivity contribution in [2.24, 2.45) is 11.5 Å². The highest BCUT2D eigenvalue weighted by molar-refractivity contribution is 4.98. The van der Waals surface area contributed by atoms with Crippen molar-refractivity contribution in [3.8, 4) is 0 Å². The molecule has 78 valence electrons. The third-order valence-corrected chi connectivity index (χ3v) is 1.18. The van der Waals surface area contributed by atoms with Crippen LogP contribution in [-0.4, -0.2) is 43.2 Å². The zero-order valence-corrected chi connectivity index (χ0v) is 7.40. The lowest BCUT2D eigenvalue weighted by molar-refractivity contribution is 0.103. The molecular weight excluding hydrogens is 176 g/mol. The average molecular weight is 192 g/mol. The van der Waals surface area contributed by atoms with E-state index < -0.39 is 0 Å². The number of nitrogens with two attached hydrogens (primary N) is 2. The van der Waals surface area contributed by atoms with Crippen molar-refractivity contribution in [1.29, 1.82) is 0 Å². The molecule has 0 atom stereocenters. The molecule has 0 aromatic carbocycles. The third kappa shape index (κ3) is 5.29. The molecule has 0 spiro atoms. The van der Waals surface area contributed by atoms with Crippen LogP contribution in [0.4, 0.5) is 0 Å². The van der Waals surface area contributed by atoms with Gasteiger partial charge in [-0.2, -0.15) is 0 Å². The normalized spacial score (nSPS) is 12.2. The van der Waals surface area contributed by atoms with Crippen LogP contribution in [0.1, 0.15) is 0 Å². The molecule has 0 radical (unpaired) electrons. The van der Waals surface area contributed by atoms with Crippen molar-refractivity contribution in [3.63, 3.8) is 0 Å². The molecule has 6 nitrogen and oxygen atoms in total. The standard InChI is InChI=1S/C7H16N2O4/c8-5-6(12-3-1-10)7(9)13-4-2-11/h10-11H,1-5,8-9H2. The quantitative estimate of drug-likeness (QED) is 0.350. The van der Waals surface area contributed by atoms with Crippen LogP contribution in [0.15, 0.2) is 11.6 Å². The summed E-state index contributed by atoms with van der Waals surface area (Å²) in [5.41, 5.74) is 10.7. The summed E-state index contributed by atoms with van der Waals surface area (Å²) in [6.07, 6.45) is 0. The second-order valence-corrected chi connectivity index (χ2v) is 2.14. The van der Waals surface area contributed by atoms with Crippen molar-refractivity contribution < 1.29 is 19.7 Å². The molecular formula is C7H16N2O4. The van der Waals surface area contributed by atoms with E-state index in [1.807, 2.05) is 0 Å². The molecule has 0 fully saturated rings. The number of rotatable bonds is 7. The maximum atomic E-state index is 8.46. The van der Waals surface area contributed by atoms with Crippen molar-refractivity contribution in [2.75, 3.05) is 33.0 Å². The Morgan fingerprint density at radius 1 is 1.08 bits per heavy atom. The molecule has 0 amide bonds. The third-order valence-electron chi connectivity index (χ3n) is 1.18. The molecule has 0 heterocycles. The van der Waals surface area contributed by atoms with Crippen LogP contribution < -0.4 is 11.5 Å². The highest BCUT2D eigenvalue weighted by Gasteiger charge is 2.03. The molecule has 0 bridgehead atoms. The van der Waals surface area contributed by atoms with Gasteiger partial charge in [0, 0.05) is 0 Å². The predicted molar refractivity (Wildman–Crippen MR) is 46.3 cm³/mol. The van der Waals surface area contributed by atoms with Gasteiger partial charge < -0.3 is 31.2 Å². The Morgan fingerprint density at radius 2 is 1.62 bits per heavy atom. The molecule has 0 aliphatic carbocycles. The second kappa shape index (κ2) is 7.66. The molecule has 0 rings (SSSR count). The van der Waals surface area contributed by atoms with E-state index in [2.05, 4.69) is 0 Å². The molecule has 13 heavy (non-hydrogen) atoms. The summed E-state index contributed by atoms with van der Waals surface area (Å²) in [7, 11) is 0.